The molecular weight excluding hydrogens is 947 g/mol. The summed E-state index contributed by atoms with van der Waals surface area (Å²) in [6.07, 6.45) is 7.56. The number of aromatic nitrogens is 1. The van der Waals surface area contributed by atoms with Crippen molar-refractivity contribution >= 4 is 58.3 Å². The summed E-state index contributed by atoms with van der Waals surface area (Å²) < 4.78 is 11.8. The SMILES string of the molecule is CC[C@H](C)[C@H](CC(=O)[C@@]1(C)CCCN1C)C(=O)N(C)[C@H](C[C@@H](OC(C)=O)c1nc(C(=O)N[C@@H](Cc2ccccc2)C[C@H](C)C(=O)N/N=C(/C)c2ccc(OCCCCCN3C(=O)C=CC3=O)cc2)cs1)C(C)C. The number of likely N-dealkylation sites (N-methyl/N-ethyl adjacent to an activating group) is 1. The smallest absolute Gasteiger partial charge is 0.303 e. The maximum absolute atomic E-state index is 14.5. The van der Waals surface area contributed by atoms with Crippen LogP contribution in [-0.4, -0.2) is 118 Å². The maximum atomic E-state index is 14.5. The largest absolute Gasteiger partial charge is 0.494 e. The molecule has 0 radical (unpaired) electrons. The number of hydrogen-bond acceptors (Lipinski definition) is 13. The Kier molecular flexibility index (Phi) is 21.6. The first kappa shape index (κ1) is 57.8. The quantitative estimate of drug-likeness (QED) is 0.0234. The van der Waals surface area contributed by atoms with Gasteiger partial charge in [0.05, 0.1) is 17.9 Å². The van der Waals surface area contributed by atoms with Crippen LogP contribution in [0, 0.1) is 23.7 Å². The van der Waals surface area contributed by atoms with Crippen LogP contribution < -0.4 is 15.5 Å². The molecule has 2 aromatic carbocycles. The van der Waals surface area contributed by atoms with Gasteiger partial charge in [-0.15, -0.1) is 11.3 Å². The number of carbonyl (C=O) groups excluding carboxylic acids is 7. The topological polar surface area (TPSA) is 197 Å². The summed E-state index contributed by atoms with van der Waals surface area (Å²) in [5, 5.41) is 9.54. The number of benzene rings is 2. The van der Waals surface area contributed by atoms with Gasteiger partial charge >= 0.3 is 5.97 Å². The van der Waals surface area contributed by atoms with Crippen molar-refractivity contribution in [3.05, 3.63) is 94.0 Å². The molecule has 5 rings (SSSR count). The zero-order chi connectivity index (χ0) is 53.4. The Morgan fingerprint density at radius 1 is 0.932 bits per heavy atom. The highest BCUT2D eigenvalue weighted by Crippen LogP contribution is 2.35. The van der Waals surface area contributed by atoms with Crippen molar-refractivity contribution < 1.29 is 43.0 Å². The highest BCUT2D eigenvalue weighted by atomic mass is 32.1. The van der Waals surface area contributed by atoms with E-state index in [-0.39, 0.29) is 65.8 Å². The lowest BCUT2D eigenvalue weighted by Gasteiger charge is -2.38. The molecule has 73 heavy (non-hydrogen) atoms. The summed E-state index contributed by atoms with van der Waals surface area (Å²) in [6, 6.07) is 16.2. The van der Waals surface area contributed by atoms with E-state index in [0.717, 1.165) is 49.8 Å². The van der Waals surface area contributed by atoms with Crippen molar-refractivity contribution in [3.63, 3.8) is 0 Å². The Hall–Kier alpha value is -6.07. The summed E-state index contributed by atoms with van der Waals surface area (Å²) in [7, 11) is 3.73. The summed E-state index contributed by atoms with van der Waals surface area (Å²) in [6.45, 7) is 16.7. The van der Waals surface area contributed by atoms with Crippen LogP contribution in [0.1, 0.15) is 146 Å². The Morgan fingerprint density at radius 2 is 1.62 bits per heavy atom. The number of ether oxygens (including phenoxy) is 2. The van der Waals surface area contributed by atoms with Gasteiger partial charge in [-0.3, -0.25) is 43.4 Å². The van der Waals surface area contributed by atoms with Gasteiger partial charge in [-0.1, -0.05) is 71.4 Å². The zero-order valence-electron chi connectivity index (χ0n) is 44.5. The molecule has 17 heteroatoms. The average molecular weight is 1020 g/mol. The number of hydrazone groups is 1. The van der Waals surface area contributed by atoms with Crippen LogP contribution in [0.15, 0.2) is 77.2 Å². The van der Waals surface area contributed by atoms with Crippen molar-refractivity contribution in [1.82, 2.24) is 30.4 Å². The maximum Gasteiger partial charge on any atom is 0.303 e. The van der Waals surface area contributed by atoms with Gasteiger partial charge in [0.25, 0.3) is 17.7 Å². The first-order valence-electron chi connectivity index (χ1n) is 25.8. The van der Waals surface area contributed by atoms with E-state index in [2.05, 4.69) is 20.7 Å². The van der Waals surface area contributed by atoms with Crippen LogP contribution in [0.25, 0.3) is 0 Å². The van der Waals surface area contributed by atoms with E-state index >= 15 is 0 Å². The molecule has 396 valence electrons. The van der Waals surface area contributed by atoms with Gasteiger partial charge in [-0.2, -0.15) is 5.10 Å². The fourth-order valence-electron chi connectivity index (χ4n) is 9.53. The normalized spacial score (nSPS) is 18.5. The van der Waals surface area contributed by atoms with Gasteiger partial charge in [-0.25, -0.2) is 10.4 Å². The number of hydrogen-bond donors (Lipinski definition) is 2. The van der Waals surface area contributed by atoms with Gasteiger partial charge in [0.2, 0.25) is 11.8 Å². The molecule has 0 unspecified atom stereocenters. The molecule has 2 aliphatic heterocycles. The molecule has 1 saturated heterocycles. The number of nitrogens with zero attached hydrogens (tertiary/aromatic N) is 5. The number of amides is 5. The number of nitrogens with one attached hydrogen (secondary N) is 2. The number of likely N-dealkylation sites (tertiary alicyclic amines) is 1. The van der Waals surface area contributed by atoms with Crippen LogP contribution >= 0.6 is 11.3 Å². The molecule has 1 fully saturated rings. The van der Waals surface area contributed by atoms with E-state index < -0.39 is 41.4 Å². The molecule has 1 aromatic heterocycles. The number of carbonyl (C=O) groups is 7. The standard InChI is InChI=1S/C56H77N7O9S/c1-11-37(4)45(33-49(65)56(8)27-18-28-61(56)9)55(70)62(10)47(36(2)3)34-48(72-40(7)64)54-58-46(35-73-54)53(69)57-43(32-41-19-14-12-15-20-41)31-38(5)52(68)60-59-39(6)42-21-23-44(24-22-42)71-30-17-13-16-29-63-50(66)25-26-51(63)67/h12,14-15,19-26,35-38,43,45,47-48H,11,13,16-18,27-34H2,1-10H3,(H,57,69)(H,60,68)/b59-39-/t37-,38-,43+,45-,47+,48+,56+/m0/s1. The average Bonchev–Trinajstić information content (AvgIpc) is 4.09. The van der Waals surface area contributed by atoms with Gasteiger partial charge in [-0.05, 0) is 120 Å². The fraction of sp³-hybridized carbons (Fsp3) is 0.554. The molecule has 7 atom stereocenters. The third kappa shape index (κ3) is 16.2. The van der Waals surface area contributed by atoms with E-state index in [0.29, 0.717) is 48.9 Å². The van der Waals surface area contributed by atoms with Crippen molar-refractivity contribution in [1.29, 1.82) is 0 Å². The molecule has 3 heterocycles. The Bertz CT molecular complexity index is 2420. The fourth-order valence-corrected chi connectivity index (χ4v) is 10.4. The van der Waals surface area contributed by atoms with Crippen molar-refractivity contribution in [2.75, 3.05) is 33.8 Å². The van der Waals surface area contributed by atoms with Gasteiger partial charge in [0, 0.05) is 74.8 Å². The predicted molar refractivity (Wildman–Crippen MR) is 283 cm³/mol. The molecule has 3 aromatic rings. The molecule has 0 spiro atoms. The van der Waals surface area contributed by atoms with E-state index in [1.165, 1.54) is 35.3 Å². The molecule has 2 N–H and O–H groups in total. The molecule has 16 nitrogen and oxygen atoms in total. The second-order valence-corrected chi connectivity index (χ2v) is 21.2. The number of Topliss-reactive ketones (excluding diaryl/α,β-unsaturated/α-hetero) is 1. The first-order chi connectivity index (χ1) is 34.7. The minimum atomic E-state index is -0.852. The third-order valence-electron chi connectivity index (χ3n) is 14.6. The van der Waals surface area contributed by atoms with Crippen molar-refractivity contribution in [2.45, 2.75) is 143 Å². The third-order valence-corrected chi connectivity index (χ3v) is 15.5. The molecule has 0 saturated carbocycles. The number of unbranched alkanes of at least 4 members (excludes halogenated alkanes) is 2. The summed E-state index contributed by atoms with van der Waals surface area (Å²) >= 11 is 1.20. The van der Waals surface area contributed by atoms with Gasteiger partial charge in [0.1, 0.15) is 16.5 Å². The lowest BCUT2D eigenvalue weighted by Crippen LogP contribution is -2.50. The summed E-state index contributed by atoms with van der Waals surface area (Å²) in [4.78, 5) is 102. The van der Waals surface area contributed by atoms with Crippen LogP contribution in [0.5, 0.6) is 5.75 Å². The molecule has 0 bridgehead atoms. The number of rotatable bonds is 28. The first-order valence-corrected chi connectivity index (χ1v) is 26.7. The minimum Gasteiger partial charge on any atom is -0.494 e. The van der Waals surface area contributed by atoms with E-state index in [9.17, 15) is 33.6 Å². The predicted octanol–water partition coefficient (Wildman–Crippen LogP) is 8.11. The number of ketones is 1. The number of imide groups is 1. The highest BCUT2D eigenvalue weighted by molar-refractivity contribution is 7.09. The summed E-state index contributed by atoms with van der Waals surface area (Å²) in [5.41, 5.74) is 4.60. The summed E-state index contributed by atoms with van der Waals surface area (Å²) in [5.74, 6) is -2.33. The Balaban J connectivity index is 1.20. The van der Waals surface area contributed by atoms with Crippen LogP contribution in [0.3, 0.4) is 0 Å². The van der Waals surface area contributed by atoms with Crippen LogP contribution in [0.4, 0.5) is 0 Å². The lowest BCUT2D eigenvalue weighted by atomic mass is 9.80. The lowest BCUT2D eigenvalue weighted by molar-refractivity contribution is -0.150. The van der Waals surface area contributed by atoms with Gasteiger partial charge < -0.3 is 19.7 Å². The molecule has 0 aliphatic carbocycles. The van der Waals surface area contributed by atoms with Crippen molar-refractivity contribution in [2.24, 2.45) is 28.8 Å². The van der Waals surface area contributed by atoms with Crippen LogP contribution in [-0.2, 0) is 39.9 Å². The van der Waals surface area contributed by atoms with E-state index in [4.69, 9.17) is 14.5 Å². The zero-order valence-corrected chi connectivity index (χ0v) is 45.3. The molecule has 2 aliphatic rings. The molecule has 5 amide bonds. The van der Waals surface area contributed by atoms with Crippen molar-refractivity contribution in [3.8, 4) is 5.75 Å². The Labute approximate surface area is 435 Å². The second-order valence-electron chi connectivity index (χ2n) is 20.3. The van der Waals surface area contributed by atoms with Crippen LogP contribution in [0.2, 0.25) is 0 Å². The number of esters is 1. The Morgan fingerprint density at radius 3 is 2.23 bits per heavy atom. The van der Waals surface area contributed by atoms with E-state index in [1.807, 2.05) is 96.3 Å². The monoisotopic (exact) mass is 1020 g/mol. The highest BCUT2D eigenvalue weighted by Gasteiger charge is 2.44. The van der Waals surface area contributed by atoms with Gasteiger partial charge in [0.15, 0.2) is 11.9 Å². The second kappa shape index (κ2) is 27.3. The molecular formula is C56H77N7O9S. The minimum absolute atomic E-state index is 0.0350. The number of thiazole rings is 1. The van der Waals surface area contributed by atoms with E-state index in [1.54, 1.807) is 31.2 Å².